The van der Waals surface area contributed by atoms with E-state index in [1.54, 1.807) is 12.1 Å². The van der Waals surface area contributed by atoms with Gasteiger partial charge in [0, 0.05) is 6.54 Å². The minimum Gasteiger partial charge on any atom is -0.484 e. The average molecular weight is 378 g/mol. The fourth-order valence-electron chi connectivity index (χ4n) is 2.15. The summed E-state index contributed by atoms with van der Waals surface area (Å²) in [6.45, 7) is 3.25. The maximum atomic E-state index is 12.7. The molecule has 2 aromatic rings. The third kappa shape index (κ3) is 5.88. The highest BCUT2D eigenvalue weighted by Crippen LogP contribution is 2.31. The summed E-state index contributed by atoms with van der Waals surface area (Å²) in [5.41, 5.74) is -0.367. The van der Waals surface area contributed by atoms with Gasteiger partial charge in [-0.05, 0) is 30.3 Å². The predicted molar refractivity (Wildman–Crippen MR) is 94.5 cm³/mol. The van der Waals surface area contributed by atoms with E-state index in [0.717, 1.165) is 12.1 Å². The molecule has 0 spiro atoms. The van der Waals surface area contributed by atoms with E-state index in [1.165, 1.54) is 30.3 Å². The molecule has 0 aliphatic heterocycles. The summed E-state index contributed by atoms with van der Waals surface area (Å²) in [5.74, 6) is -1.10. The SMILES string of the molecule is C=CCNC(=O)c1ccccc1NC(=O)COc1cccc(C(F)(F)F)c1. The first-order valence-corrected chi connectivity index (χ1v) is 7.89. The van der Waals surface area contributed by atoms with Crippen LogP contribution in [0.15, 0.2) is 61.2 Å². The number of hydrogen-bond donors (Lipinski definition) is 2. The van der Waals surface area contributed by atoms with E-state index in [1.807, 2.05) is 0 Å². The quantitative estimate of drug-likeness (QED) is 0.723. The molecule has 5 nitrogen and oxygen atoms in total. The summed E-state index contributed by atoms with van der Waals surface area (Å²) < 4.78 is 43.2. The van der Waals surface area contributed by atoms with Crippen LogP contribution in [0.2, 0.25) is 0 Å². The van der Waals surface area contributed by atoms with Crippen molar-refractivity contribution in [2.24, 2.45) is 0 Å². The van der Waals surface area contributed by atoms with Gasteiger partial charge in [0.05, 0.1) is 16.8 Å². The van der Waals surface area contributed by atoms with Gasteiger partial charge in [0.2, 0.25) is 0 Å². The number of rotatable bonds is 7. The van der Waals surface area contributed by atoms with Gasteiger partial charge in [0.25, 0.3) is 11.8 Å². The lowest BCUT2D eigenvalue weighted by Gasteiger charge is -2.12. The molecule has 0 bridgehead atoms. The fraction of sp³-hybridized carbons (Fsp3) is 0.158. The van der Waals surface area contributed by atoms with Crippen molar-refractivity contribution in [1.29, 1.82) is 0 Å². The van der Waals surface area contributed by atoms with Crippen LogP contribution in [-0.2, 0) is 11.0 Å². The number of alkyl halides is 3. The third-order valence-corrected chi connectivity index (χ3v) is 3.38. The number of carbonyl (C=O) groups excluding carboxylic acids is 2. The van der Waals surface area contributed by atoms with Crippen molar-refractivity contribution in [3.63, 3.8) is 0 Å². The molecule has 27 heavy (non-hydrogen) atoms. The second-order valence-electron chi connectivity index (χ2n) is 5.41. The molecule has 142 valence electrons. The summed E-state index contributed by atoms with van der Waals surface area (Å²) in [6, 6.07) is 10.6. The minimum absolute atomic E-state index is 0.0861. The first-order chi connectivity index (χ1) is 12.8. The van der Waals surface area contributed by atoms with E-state index >= 15 is 0 Å². The van der Waals surface area contributed by atoms with Crippen LogP contribution in [0.1, 0.15) is 15.9 Å². The standard InChI is InChI=1S/C19H17F3N2O3/c1-2-10-23-18(26)15-8-3-4-9-16(15)24-17(25)12-27-14-7-5-6-13(11-14)19(20,21)22/h2-9,11H,1,10,12H2,(H,23,26)(H,24,25). The zero-order chi connectivity index (χ0) is 19.9. The molecule has 2 amide bonds. The topological polar surface area (TPSA) is 67.4 Å². The van der Waals surface area contributed by atoms with Crippen molar-refractivity contribution in [2.75, 3.05) is 18.5 Å². The van der Waals surface area contributed by atoms with Crippen LogP contribution in [0, 0.1) is 0 Å². The minimum atomic E-state index is -4.50. The molecule has 0 radical (unpaired) electrons. The Bertz CT molecular complexity index is 835. The molecule has 2 aromatic carbocycles. The van der Waals surface area contributed by atoms with Gasteiger partial charge in [-0.25, -0.2) is 0 Å². The van der Waals surface area contributed by atoms with Crippen LogP contribution < -0.4 is 15.4 Å². The lowest BCUT2D eigenvalue weighted by atomic mass is 10.1. The van der Waals surface area contributed by atoms with Crippen molar-refractivity contribution in [1.82, 2.24) is 5.32 Å². The Kier molecular flexibility index (Phi) is 6.59. The highest BCUT2D eigenvalue weighted by atomic mass is 19.4. The maximum absolute atomic E-state index is 12.7. The molecule has 0 saturated heterocycles. The number of carbonyl (C=O) groups is 2. The van der Waals surface area contributed by atoms with Gasteiger partial charge >= 0.3 is 6.18 Å². The first-order valence-electron chi connectivity index (χ1n) is 7.89. The summed E-state index contributed by atoms with van der Waals surface area (Å²) in [7, 11) is 0. The van der Waals surface area contributed by atoms with E-state index in [2.05, 4.69) is 17.2 Å². The van der Waals surface area contributed by atoms with Crippen molar-refractivity contribution in [2.45, 2.75) is 6.18 Å². The molecular weight excluding hydrogens is 361 g/mol. The number of nitrogens with one attached hydrogen (secondary N) is 2. The van der Waals surface area contributed by atoms with E-state index in [-0.39, 0.29) is 23.5 Å². The van der Waals surface area contributed by atoms with Crippen LogP contribution in [-0.4, -0.2) is 25.0 Å². The summed E-state index contributed by atoms with van der Waals surface area (Å²) in [4.78, 5) is 24.1. The van der Waals surface area contributed by atoms with Gasteiger partial charge < -0.3 is 15.4 Å². The molecule has 2 rings (SSSR count). The maximum Gasteiger partial charge on any atom is 0.416 e. The smallest absolute Gasteiger partial charge is 0.416 e. The third-order valence-electron chi connectivity index (χ3n) is 3.38. The van der Waals surface area contributed by atoms with E-state index in [0.29, 0.717) is 0 Å². The first kappa shape index (κ1) is 20.0. The molecule has 0 heterocycles. The predicted octanol–water partition coefficient (Wildman–Crippen LogP) is 3.64. The average Bonchev–Trinajstić information content (AvgIpc) is 2.64. The van der Waals surface area contributed by atoms with Crippen LogP contribution in [0.4, 0.5) is 18.9 Å². The molecule has 2 N–H and O–H groups in total. The molecule has 0 saturated carbocycles. The largest absolute Gasteiger partial charge is 0.484 e. The second kappa shape index (κ2) is 8.88. The molecule has 0 atom stereocenters. The van der Waals surface area contributed by atoms with Crippen molar-refractivity contribution < 1.29 is 27.5 Å². The number of benzene rings is 2. The second-order valence-corrected chi connectivity index (χ2v) is 5.41. The van der Waals surface area contributed by atoms with Gasteiger partial charge in [0.1, 0.15) is 5.75 Å². The number of amides is 2. The van der Waals surface area contributed by atoms with Crippen LogP contribution in [0.25, 0.3) is 0 Å². The van der Waals surface area contributed by atoms with Crippen LogP contribution >= 0.6 is 0 Å². The number of para-hydroxylation sites is 1. The zero-order valence-corrected chi connectivity index (χ0v) is 14.2. The van der Waals surface area contributed by atoms with E-state index < -0.39 is 30.2 Å². The van der Waals surface area contributed by atoms with Gasteiger partial charge in [-0.1, -0.05) is 24.3 Å². The van der Waals surface area contributed by atoms with E-state index in [9.17, 15) is 22.8 Å². The van der Waals surface area contributed by atoms with E-state index in [4.69, 9.17) is 4.74 Å². The Balaban J connectivity index is 2.01. The van der Waals surface area contributed by atoms with Crippen LogP contribution in [0.3, 0.4) is 0 Å². The van der Waals surface area contributed by atoms with Crippen LogP contribution in [0.5, 0.6) is 5.75 Å². The number of anilines is 1. The van der Waals surface area contributed by atoms with Gasteiger partial charge in [-0.3, -0.25) is 9.59 Å². The highest BCUT2D eigenvalue weighted by Gasteiger charge is 2.30. The normalized spacial score (nSPS) is 10.8. The number of halogens is 3. The number of hydrogen-bond acceptors (Lipinski definition) is 3. The molecule has 0 aliphatic carbocycles. The monoisotopic (exact) mass is 378 g/mol. The lowest BCUT2D eigenvalue weighted by Crippen LogP contribution is -2.26. The van der Waals surface area contributed by atoms with Gasteiger partial charge in [0.15, 0.2) is 6.61 Å². The summed E-state index contributed by atoms with van der Waals surface area (Å²) in [6.07, 6.45) is -2.98. The van der Waals surface area contributed by atoms with Crippen molar-refractivity contribution >= 4 is 17.5 Å². The Morgan fingerprint density at radius 3 is 2.56 bits per heavy atom. The highest BCUT2D eigenvalue weighted by molar-refractivity contribution is 6.04. The molecular formula is C19H17F3N2O3. The Morgan fingerprint density at radius 1 is 1.11 bits per heavy atom. The Hall–Kier alpha value is -3.29. The van der Waals surface area contributed by atoms with Crippen molar-refractivity contribution in [3.05, 3.63) is 72.3 Å². The summed E-state index contributed by atoms with van der Waals surface area (Å²) in [5, 5.41) is 5.10. The zero-order valence-electron chi connectivity index (χ0n) is 14.2. The molecule has 0 aliphatic rings. The van der Waals surface area contributed by atoms with Crippen molar-refractivity contribution in [3.8, 4) is 5.75 Å². The summed E-state index contributed by atoms with van der Waals surface area (Å²) >= 11 is 0. The molecule has 8 heteroatoms. The lowest BCUT2D eigenvalue weighted by molar-refractivity contribution is -0.137. The van der Waals surface area contributed by atoms with Gasteiger partial charge in [-0.2, -0.15) is 13.2 Å². The Morgan fingerprint density at radius 2 is 1.85 bits per heavy atom. The fourth-order valence-corrected chi connectivity index (χ4v) is 2.15. The van der Waals surface area contributed by atoms with Gasteiger partial charge in [-0.15, -0.1) is 6.58 Å². The number of ether oxygens (including phenoxy) is 1. The molecule has 0 unspecified atom stereocenters. The molecule has 0 aromatic heterocycles. The Labute approximate surface area is 153 Å². The molecule has 0 fully saturated rings.